The smallest absolute Gasteiger partial charge is 0.271 e. The summed E-state index contributed by atoms with van der Waals surface area (Å²) in [5.74, 6) is -0.528. The molecule has 7 heteroatoms. The Balaban J connectivity index is 2.58. The highest BCUT2D eigenvalue weighted by molar-refractivity contribution is 5.92. The van der Waals surface area contributed by atoms with Crippen molar-refractivity contribution in [1.82, 2.24) is 0 Å². The van der Waals surface area contributed by atoms with Crippen molar-refractivity contribution in [1.29, 1.82) is 0 Å². The van der Waals surface area contributed by atoms with Crippen LogP contribution in [0.1, 0.15) is 19.8 Å². The molecule has 0 unspecified atom stereocenters. The van der Waals surface area contributed by atoms with E-state index in [1.807, 2.05) is 6.92 Å². The molecule has 0 saturated heterocycles. The molecule has 2 N–H and O–H groups in total. The summed E-state index contributed by atoms with van der Waals surface area (Å²) in [7, 11) is 0. The molecule has 1 aromatic rings. The number of hydrogen-bond acceptors (Lipinski definition) is 5. The molecular formula is C12H16N2O5. The van der Waals surface area contributed by atoms with Crippen LogP contribution in [0.4, 0.5) is 11.4 Å². The molecule has 0 aliphatic heterocycles. The first kappa shape index (κ1) is 14.9. The second-order valence-corrected chi connectivity index (χ2v) is 3.81. The number of carbonyl (C=O) groups excluding carboxylic acids is 1. The summed E-state index contributed by atoms with van der Waals surface area (Å²) < 4.78 is 5.09. The average Bonchev–Trinajstić information content (AvgIpc) is 2.37. The second kappa shape index (κ2) is 7.32. The topological polar surface area (TPSA) is 102 Å². The number of nitrogens with one attached hydrogen (secondary N) is 1. The normalized spacial score (nSPS) is 10.2. The zero-order valence-corrected chi connectivity index (χ0v) is 10.6. The number of phenolic OH excluding ortho intramolecular Hbond substituents is 1. The minimum absolute atomic E-state index is 0.0376. The minimum Gasteiger partial charge on any atom is -0.506 e. The summed E-state index contributed by atoms with van der Waals surface area (Å²) >= 11 is 0. The summed E-state index contributed by atoms with van der Waals surface area (Å²) in [5, 5.41) is 22.5. The van der Waals surface area contributed by atoms with Crippen LogP contribution in [0.15, 0.2) is 18.2 Å². The molecule has 0 fully saturated rings. The maximum Gasteiger partial charge on any atom is 0.271 e. The molecule has 7 nitrogen and oxygen atoms in total. The van der Waals surface area contributed by atoms with Gasteiger partial charge in [-0.15, -0.1) is 0 Å². The molecule has 0 saturated carbocycles. The van der Waals surface area contributed by atoms with Crippen molar-refractivity contribution in [3.63, 3.8) is 0 Å². The number of hydrogen-bond donors (Lipinski definition) is 2. The molecule has 0 aliphatic rings. The Morgan fingerprint density at radius 3 is 2.89 bits per heavy atom. The van der Waals surface area contributed by atoms with Crippen molar-refractivity contribution in [3.05, 3.63) is 28.3 Å². The van der Waals surface area contributed by atoms with E-state index in [0.717, 1.165) is 6.07 Å². The number of carbonyl (C=O) groups is 1. The largest absolute Gasteiger partial charge is 0.506 e. The van der Waals surface area contributed by atoms with Crippen molar-refractivity contribution in [3.8, 4) is 5.75 Å². The van der Waals surface area contributed by atoms with Gasteiger partial charge in [-0.25, -0.2) is 0 Å². The summed E-state index contributed by atoms with van der Waals surface area (Å²) in [5.41, 5.74) is -0.155. The molecule has 0 aromatic heterocycles. The monoisotopic (exact) mass is 268 g/mol. The van der Waals surface area contributed by atoms with Gasteiger partial charge in [0.2, 0.25) is 5.91 Å². The van der Waals surface area contributed by atoms with Gasteiger partial charge in [-0.1, -0.05) is 0 Å². The first-order valence-electron chi connectivity index (χ1n) is 5.89. The first-order chi connectivity index (χ1) is 9.04. The second-order valence-electron chi connectivity index (χ2n) is 3.81. The van der Waals surface area contributed by atoms with E-state index in [1.165, 1.54) is 12.1 Å². The van der Waals surface area contributed by atoms with Gasteiger partial charge in [-0.3, -0.25) is 14.9 Å². The molecule has 0 bridgehead atoms. The number of nitro groups is 1. The molecule has 19 heavy (non-hydrogen) atoms. The van der Waals surface area contributed by atoms with Gasteiger partial charge in [0, 0.05) is 31.8 Å². The van der Waals surface area contributed by atoms with Crippen LogP contribution in [0, 0.1) is 10.1 Å². The quantitative estimate of drug-likeness (QED) is 0.341. The number of nitro benzene ring substituents is 1. The lowest BCUT2D eigenvalue weighted by atomic mass is 10.2. The fourth-order valence-corrected chi connectivity index (χ4v) is 1.43. The van der Waals surface area contributed by atoms with E-state index in [1.54, 1.807) is 0 Å². The van der Waals surface area contributed by atoms with Crippen LogP contribution in [0.25, 0.3) is 0 Å². The Morgan fingerprint density at radius 2 is 2.26 bits per heavy atom. The molecule has 104 valence electrons. The van der Waals surface area contributed by atoms with Gasteiger partial charge >= 0.3 is 0 Å². The zero-order chi connectivity index (χ0) is 14.3. The maximum atomic E-state index is 11.6. The molecular weight excluding hydrogens is 252 g/mol. The number of nitrogens with zero attached hydrogens (tertiary/aromatic N) is 1. The van der Waals surface area contributed by atoms with E-state index in [0.29, 0.717) is 19.6 Å². The van der Waals surface area contributed by atoms with E-state index in [4.69, 9.17) is 4.74 Å². The van der Waals surface area contributed by atoms with Gasteiger partial charge in [-0.2, -0.15) is 0 Å². The summed E-state index contributed by atoms with van der Waals surface area (Å²) in [4.78, 5) is 21.6. The third-order valence-corrected chi connectivity index (χ3v) is 2.36. The Bertz CT molecular complexity index is 461. The fourth-order valence-electron chi connectivity index (χ4n) is 1.43. The van der Waals surface area contributed by atoms with Gasteiger partial charge in [-0.05, 0) is 19.4 Å². The third kappa shape index (κ3) is 4.92. The Morgan fingerprint density at radius 1 is 1.53 bits per heavy atom. The standard InChI is InChI=1S/C12H16N2O5/c1-2-19-7-3-4-12(16)13-10-8-9(14(17)18)5-6-11(10)15/h5-6,8,15H,2-4,7H2,1H3,(H,13,16). The summed E-state index contributed by atoms with van der Waals surface area (Å²) in [6.45, 7) is 2.93. The predicted octanol–water partition coefficient (Wildman–Crippen LogP) is 2.06. The molecule has 1 aromatic carbocycles. The van der Waals surface area contributed by atoms with Crippen LogP contribution >= 0.6 is 0 Å². The van der Waals surface area contributed by atoms with Gasteiger partial charge < -0.3 is 15.2 Å². The highest BCUT2D eigenvalue weighted by Gasteiger charge is 2.12. The van der Waals surface area contributed by atoms with Crippen LogP contribution in [-0.2, 0) is 9.53 Å². The average molecular weight is 268 g/mol. The summed E-state index contributed by atoms with van der Waals surface area (Å²) in [6, 6.07) is 3.46. The predicted molar refractivity (Wildman–Crippen MR) is 69.1 cm³/mol. The van der Waals surface area contributed by atoms with E-state index < -0.39 is 4.92 Å². The lowest BCUT2D eigenvalue weighted by molar-refractivity contribution is -0.384. The van der Waals surface area contributed by atoms with Crippen LogP contribution in [0.5, 0.6) is 5.75 Å². The van der Waals surface area contributed by atoms with Gasteiger partial charge in [0.05, 0.1) is 10.6 Å². The first-order valence-corrected chi connectivity index (χ1v) is 5.89. The number of ether oxygens (including phenoxy) is 1. The number of rotatable bonds is 7. The Labute approximate surface area is 110 Å². The van der Waals surface area contributed by atoms with E-state index in [9.17, 15) is 20.0 Å². The lowest BCUT2D eigenvalue weighted by Crippen LogP contribution is -2.12. The van der Waals surface area contributed by atoms with E-state index >= 15 is 0 Å². The molecule has 0 heterocycles. The highest BCUT2D eigenvalue weighted by atomic mass is 16.6. The van der Waals surface area contributed by atoms with Crippen LogP contribution in [-0.4, -0.2) is 29.2 Å². The van der Waals surface area contributed by atoms with Crippen molar-refractivity contribution < 1.29 is 19.6 Å². The fraction of sp³-hybridized carbons (Fsp3) is 0.417. The summed E-state index contributed by atoms with van der Waals surface area (Å²) in [6.07, 6.45) is 0.775. The van der Waals surface area contributed by atoms with E-state index in [-0.39, 0.29) is 29.5 Å². The minimum atomic E-state index is -0.593. The third-order valence-electron chi connectivity index (χ3n) is 2.36. The SMILES string of the molecule is CCOCCCC(=O)Nc1cc([N+](=O)[O-])ccc1O. The number of non-ortho nitro benzene ring substituents is 1. The van der Waals surface area contributed by atoms with Crippen LogP contribution in [0.2, 0.25) is 0 Å². The van der Waals surface area contributed by atoms with Gasteiger partial charge in [0.25, 0.3) is 5.69 Å². The van der Waals surface area contributed by atoms with Crippen molar-refractivity contribution >= 4 is 17.3 Å². The molecule has 0 spiro atoms. The number of benzene rings is 1. The Kier molecular flexibility index (Phi) is 5.74. The maximum absolute atomic E-state index is 11.6. The number of anilines is 1. The van der Waals surface area contributed by atoms with Crippen LogP contribution < -0.4 is 5.32 Å². The number of aromatic hydroxyl groups is 1. The molecule has 1 amide bonds. The Hall–Kier alpha value is -2.15. The van der Waals surface area contributed by atoms with Crippen molar-refractivity contribution in [2.24, 2.45) is 0 Å². The molecule has 1 rings (SSSR count). The zero-order valence-electron chi connectivity index (χ0n) is 10.6. The number of phenols is 1. The molecule has 0 atom stereocenters. The number of amides is 1. The van der Waals surface area contributed by atoms with Crippen molar-refractivity contribution in [2.45, 2.75) is 19.8 Å². The van der Waals surface area contributed by atoms with E-state index in [2.05, 4.69) is 5.32 Å². The lowest BCUT2D eigenvalue weighted by Gasteiger charge is -2.07. The van der Waals surface area contributed by atoms with Crippen LogP contribution in [0.3, 0.4) is 0 Å². The van der Waals surface area contributed by atoms with Gasteiger partial charge in [0.15, 0.2) is 0 Å². The molecule has 0 aliphatic carbocycles. The molecule has 0 radical (unpaired) electrons. The van der Waals surface area contributed by atoms with Gasteiger partial charge in [0.1, 0.15) is 5.75 Å². The highest BCUT2D eigenvalue weighted by Crippen LogP contribution is 2.27. The van der Waals surface area contributed by atoms with Crippen molar-refractivity contribution in [2.75, 3.05) is 18.5 Å².